The first-order chi connectivity index (χ1) is 13.3. The predicted octanol–water partition coefficient (Wildman–Crippen LogP) is 2.32. The number of hydrogen-bond donors (Lipinski definition) is 2. The van der Waals surface area contributed by atoms with Crippen molar-refractivity contribution in [2.24, 2.45) is 0 Å². The summed E-state index contributed by atoms with van der Waals surface area (Å²) in [6.45, 7) is 2.53. The van der Waals surface area contributed by atoms with Gasteiger partial charge in [0.2, 0.25) is 5.91 Å². The van der Waals surface area contributed by atoms with Crippen LogP contribution >= 0.6 is 0 Å². The number of hydrogen-bond acceptors (Lipinski definition) is 5. The van der Waals surface area contributed by atoms with Crippen LogP contribution in [-0.4, -0.2) is 33.9 Å². The number of rotatable bonds is 6. The summed E-state index contributed by atoms with van der Waals surface area (Å²) >= 11 is 0. The number of benzene rings is 1. The number of carbonyl (C=O) groups excluding carboxylic acids is 1. The van der Waals surface area contributed by atoms with Crippen molar-refractivity contribution in [1.29, 1.82) is 0 Å². The monoisotopic (exact) mass is 365 g/mol. The van der Waals surface area contributed by atoms with Crippen LogP contribution < -0.4 is 10.6 Å². The Labute approximate surface area is 157 Å². The van der Waals surface area contributed by atoms with Crippen molar-refractivity contribution in [3.63, 3.8) is 0 Å². The molecule has 1 aromatic carbocycles. The van der Waals surface area contributed by atoms with E-state index in [4.69, 9.17) is 4.52 Å². The Hall–Kier alpha value is -2.93. The van der Waals surface area contributed by atoms with E-state index in [-0.39, 0.29) is 12.5 Å². The molecule has 140 valence electrons. The highest BCUT2D eigenvalue weighted by molar-refractivity contribution is 5.75. The van der Waals surface area contributed by atoms with Gasteiger partial charge in [-0.25, -0.2) is 0 Å². The Morgan fingerprint density at radius 1 is 1.30 bits per heavy atom. The van der Waals surface area contributed by atoms with Gasteiger partial charge < -0.3 is 15.2 Å². The summed E-state index contributed by atoms with van der Waals surface area (Å²) in [6, 6.07) is 13.6. The molecule has 1 aliphatic heterocycles. The van der Waals surface area contributed by atoms with Crippen LogP contribution in [0.3, 0.4) is 0 Å². The third-order valence-electron chi connectivity index (χ3n) is 4.77. The summed E-state index contributed by atoms with van der Waals surface area (Å²) in [6.07, 6.45) is 4.18. The molecule has 7 heteroatoms. The number of nitrogens with one attached hydrogen (secondary N) is 2. The van der Waals surface area contributed by atoms with E-state index in [0.717, 1.165) is 36.5 Å². The van der Waals surface area contributed by atoms with E-state index in [0.29, 0.717) is 18.2 Å². The molecule has 1 atom stereocenters. The Kier molecular flexibility index (Phi) is 5.29. The third kappa shape index (κ3) is 4.43. The smallest absolute Gasteiger partial charge is 0.242 e. The second-order valence-corrected chi connectivity index (χ2v) is 6.80. The molecular weight excluding hydrogens is 342 g/mol. The number of aromatic nitrogens is 3. The molecule has 1 saturated heterocycles. The zero-order chi connectivity index (χ0) is 18.5. The van der Waals surface area contributed by atoms with Crippen molar-refractivity contribution in [3.05, 3.63) is 60.1 Å². The lowest BCUT2D eigenvalue weighted by atomic mass is 9.97. The summed E-state index contributed by atoms with van der Waals surface area (Å²) < 4.78 is 7.00. The Morgan fingerprint density at radius 2 is 2.19 bits per heavy atom. The van der Waals surface area contributed by atoms with Crippen LogP contribution in [0.5, 0.6) is 0 Å². The van der Waals surface area contributed by atoms with Gasteiger partial charge in [0, 0.05) is 30.3 Å². The molecule has 3 heterocycles. The quantitative estimate of drug-likeness (QED) is 0.700. The van der Waals surface area contributed by atoms with Crippen molar-refractivity contribution < 1.29 is 9.32 Å². The molecule has 4 rings (SSSR count). The fraction of sp³-hybridized carbons (Fsp3) is 0.350. The molecule has 2 N–H and O–H groups in total. The first kappa shape index (κ1) is 17.5. The highest BCUT2D eigenvalue weighted by Gasteiger charge is 2.18. The normalized spacial score (nSPS) is 17.0. The number of carbonyl (C=O) groups is 1. The van der Waals surface area contributed by atoms with Gasteiger partial charge in [-0.05, 0) is 25.5 Å². The number of amides is 1. The molecule has 0 bridgehead atoms. The molecule has 1 fully saturated rings. The fourth-order valence-electron chi connectivity index (χ4n) is 3.32. The average molecular weight is 365 g/mol. The molecule has 27 heavy (non-hydrogen) atoms. The Balaban J connectivity index is 1.29. The second kappa shape index (κ2) is 8.18. The summed E-state index contributed by atoms with van der Waals surface area (Å²) in [4.78, 5) is 12.2. The molecule has 0 spiro atoms. The summed E-state index contributed by atoms with van der Waals surface area (Å²) in [5.74, 6) is 0.953. The second-order valence-electron chi connectivity index (χ2n) is 6.80. The van der Waals surface area contributed by atoms with Gasteiger partial charge in [0.05, 0.1) is 12.2 Å². The van der Waals surface area contributed by atoms with Gasteiger partial charge in [-0.2, -0.15) is 5.10 Å². The maximum absolute atomic E-state index is 12.2. The lowest BCUT2D eigenvalue weighted by molar-refractivity contribution is -0.122. The van der Waals surface area contributed by atoms with Gasteiger partial charge in [0.1, 0.15) is 12.2 Å². The van der Waals surface area contributed by atoms with Crippen LogP contribution in [0.2, 0.25) is 0 Å². The minimum Gasteiger partial charge on any atom is -0.359 e. The highest BCUT2D eigenvalue weighted by Crippen LogP contribution is 2.21. The molecule has 0 unspecified atom stereocenters. The summed E-state index contributed by atoms with van der Waals surface area (Å²) in [7, 11) is 0. The number of nitrogens with zero attached hydrogens (tertiary/aromatic N) is 3. The topological polar surface area (TPSA) is 85.0 Å². The van der Waals surface area contributed by atoms with E-state index in [1.54, 1.807) is 4.68 Å². The maximum atomic E-state index is 12.2. The van der Waals surface area contributed by atoms with Crippen LogP contribution in [0, 0.1) is 0 Å². The molecule has 0 aliphatic carbocycles. The zero-order valence-electron chi connectivity index (χ0n) is 15.1. The zero-order valence-corrected chi connectivity index (χ0v) is 15.1. The Morgan fingerprint density at radius 3 is 3.00 bits per heavy atom. The van der Waals surface area contributed by atoms with E-state index in [1.807, 2.05) is 48.7 Å². The van der Waals surface area contributed by atoms with E-state index in [2.05, 4.69) is 20.9 Å². The largest absolute Gasteiger partial charge is 0.359 e. The molecule has 3 aromatic rings. The minimum absolute atomic E-state index is 0.107. The predicted molar refractivity (Wildman–Crippen MR) is 101 cm³/mol. The first-order valence-corrected chi connectivity index (χ1v) is 9.30. The molecule has 0 saturated carbocycles. The van der Waals surface area contributed by atoms with Crippen LogP contribution in [0.1, 0.15) is 30.2 Å². The van der Waals surface area contributed by atoms with Gasteiger partial charge in [-0.3, -0.25) is 9.48 Å². The molecule has 1 aliphatic rings. The molecular formula is C20H23N5O2. The summed E-state index contributed by atoms with van der Waals surface area (Å²) in [5, 5.41) is 14.9. The fourth-order valence-corrected chi connectivity index (χ4v) is 3.32. The van der Waals surface area contributed by atoms with E-state index in [1.165, 1.54) is 6.42 Å². The van der Waals surface area contributed by atoms with Crippen LogP contribution in [0.15, 0.2) is 53.2 Å². The van der Waals surface area contributed by atoms with Crippen molar-refractivity contribution in [2.75, 3.05) is 13.1 Å². The van der Waals surface area contributed by atoms with Crippen LogP contribution in [0.4, 0.5) is 0 Å². The van der Waals surface area contributed by atoms with Crippen molar-refractivity contribution in [1.82, 2.24) is 25.6 Å². The summed E-state index contributed by atoms with van der Waals surface area (Å²) in [5.41, 5.74) is 2.80. The van der Waals surface area contributed by atoms with E-state index in [9.17, 15) is 4.79 Å². The average Bonchev–Trinajstić information content (AvgIpc) is 3.37. The molecule has 1 amide bonds. The highest BCUT2D eigenvalue weighted by atomic mass is 16.5. The lowest BCUT2D eigenvalue weighted by Gasteiger charge is -2.20. The van der Waals surface area contributed by atoms with Gasteiger partial charge in [-0.1, -0.05) is 35.5 Å². The lowest BCUT2D eigenvalue weighted by Crippen LogP contribution is -2.29. The van der Waals surface area contributed by atoms with Gasteiger partial charge in [0.25, 0.3) is 0 Å². The minimum atomic E-state index is -0.107. The SMILES string of the molecule is O=C(Cn1ccc([C@@H]2CCCNC2)n1)NCc1cc(-c2ccccc2)no1. The van der Waals surface area contributed by atoms with Crippen LogP contribution in [0.25, 0.3) is 11.3 Å². The van der Waals surface area contributed by atoms with Crippen molar-refractivity contribution >= 4 is 5.91 Å². The van der Waals surface area contributed by atoms with E-state index < -0.39 is 0 Å². The van der Waals surface area contributed by atoms with Crippen molar-refractivity contribution in [2.45, 2.75) is 31.8 Å². The van der Waals surface area contributed by atoms with Gasteiger partial charge in [0.15, 0.2) is 5.76 Å². The first-order valence-electron chi connectivity index (χ1n) is 9.30. The Bertz CT molecular complexity index is 881. The van der Waals surface area contributed by atoms with Gasteiger partial charge in [-0.15, -0.1) is 0 Å². The van der Waals surface area contributed by atoms with E-state index >= 15 is 0 Å². The third-order valence-corrected chi connectivity index (χ3v) is 4.77. The standard InChI is InChI=1S/C20H23N5O2/c26-20(14-25-10-8-18(23-25)16-7-4-9-21-12-16)22-13-17-11-19(24-27-17)15-5-2-1-3-6-15/h1-3,5-6,8,10-11,16,21H,4,7,9,12-14H2,(H,22,26)/t16-/m1/s1. The van der Waals surface area contributed by atoms with Gasteiger partial charge >= 0.3 is 0 Å². The molecule has 7 nitrogen and oxygen atoms in total. The maximum Gasteiger partial charge on any atom is 0.242 e. The van der Waals surface area contributed by atoms with Crippen LogP contribution in [-0.2, 0) is 17.9 Å². The molecule has 0 radical (unpaired) electrons. The number of piperidine rings is 1. The van der Waals surface area contributed by atoms with Crippen molar-refractivity contribution in [3.8, 4) is 11.3 Å². The molecule has 2 aromatic heterocycles.